The predicted molar refractivity (Wildman–Crippen MR) is 110 cm³/mol. The molecule has 0 unspecified atom stereocenters. The second kappa shape index (κ2) is 5.95. The van der Waals surface area contributed by atoms with Gasteiger partial charge >= 0.3 is 0 Å². The fourth-order valence-electron chi connectivity index (χ4n) is 3.81. The molecule has 0 aliphatic carbocycles. The molecule has 0 spiro atoms. The molecule has 0 N–H and O–H groups in total. The summed E-state index contributed by atoms with van der Waals surface area (Å²) in [5.74, 6) is 1.47. The molecule has 5 rings (SSSR count). The maximum atomic E-state index is 6.25. The molecule has 4 nitrogen and oxygen atoms in total. The third kappa shape index (κ3) is 2.52. The van der Waals surface area contributed by atoms with Gasteiger partial charge in [-0.25, -0.2) is 9.97 Å². The zero-order valence-corrected chi connectivity index (χ0v) is 15.7. The summed E-state index contributed by atoms with van der Waals surface area (Å²) in [6.07, 6.45) is 0.949. The average Bonchev–Trinajstić information content (AvgIpc) is 3.19. The Labute approximate surface area is 157 Å². The number of pyridine rings is 1. The van der Waals surface area contributed by atoms with Crippen LogP contribution in [0, 0.1) is 5.92 Å². The van der Waals surface area contributed by atoms with Gasteiger partial charge in [-0.05, 0) is 42.7 Å². The van der Waals surface area contributed by atoms with Gasteiger partial charge in [-0.1, -0.05) is 38.1 Å². The molecule has 0 bridgehead atoms. The number of furan rings is 1. The van der Waals surface area contributed by atoms with E-state index in [0.717, 1.165) is 50.9 Å². The lowest BCUT2D eigenvalue weighted by Gasteiger charge is -2.03. The Morgan fingerprint density at radius 2 is 1.78 bits per heavy atom. The number of hydrogen-bond donors (Lipinski definition) is 0. The zero-order chi connectivity index (χ0) is 18.5. The number of fused-ring (bicyclic) bond motifs is 4. The van der Waals surface area contributed by atoms with Gasteiger partial charge in [0.15, 0.2) is 0 Å². The standard InChI is InChI=1S/C23H21N3O/c1-14(2)13-15-11-12-17-16-7-6-8-18(21(16)27-23(17)24-15)22-25-19-9-4-5-10-20(19)26(22)3/h4-12,14H,13H2,1-3H3. The molecule has 3 heterocycles. The summed E-state index contributed by atoms with van der Waals surface area (Å²) in [7, 11) is 2.05. The van der Waals surface area contributed by atoms with E-state index in [-0.39, 0.29) is 0 Å². The van der Waals surface area contributed by atoms with Crippen LogP contribution in [0.25, 0.3) is 44.5 Å². The maximum Gasteiger partial charge on any atom is 0.227 e. The van der Waals surface area contributed by atoms with Gasteiger partial charge in [-0.15, -0.1) is 0 Å². The monoisotopic (exact) mass is 355 g/mol. The van der Waals surface area contributed by atoms with E-state index in [2.05, 4.69) is 54.8 Å². The smallest absolute Gasteiger partial charge is 0.227 e. The molecule has 27 heavy (non-hydrogen) atoms. The Morgan fingerprint density at radius 1 is 0.926 bits per heavy atom. The Kier molecular flexibility index (Phi) is 3.54. The van der Waals surface area contributed by atoms with Crippen LogP contribution in [-0.2, 0) is 13.5 Å². The highest BCUT2D eigenvalue weighted by Crippen LogP contribution is 2.35. The first kappa shape index (κ1) is 16.1. The molecule has 4 heteroatoms. The number of benzene rings is 2. The number of nitrogens with zero attached hydrogens (tertiary/aromatic N) is 3. The zero-order valence-electron chi connectivity index (χ0n) is 15.7. The van der Waals surface area contributed by atoms with Crippen LogP contribution in [0.5, 0.6) is 0 Å². The van der Waals surface area contributed by atoms with Gasteiger partial charge < -0.3 is 8.98 Å². The van der Waals surface area contributed by atoms with E-state index in [1.165, 1.54) is 0 Å². The summed E-state index contributed by atoms with van der Waals surface area (Å²) in [6, 6.07) is 18.6. The van der Waals surface area contributed by atoms with Crippen molar-refractivity contribution < 1.29 is 4.42 Å². The van der Waals surface area contributed by atoms with Gasteiger partial charge in [0.25, 0.3) is 0 Å². The van der Waals surface area contributed by atoms with Crippen molar-refractivity contribution >= 4 is 33.1 Å². The Morgan fingerprint density at radius 3 is 2.59 bits per heavy atom. The first-order valence-corrected chi connectivity index (χ1v) is 9.35. The van der Waals surface area contributed by atoms with Crippen LogP contribution in [0.4, 0.5) is 0 Å². The minimum atomic E-state index is 0.565. The van der Waals surface area contributed by atoms with Gasteiger partial charge in [0.2, 0.25) is 5.71 Å². The van der Waals surface area contributed by atoms with Gasteiger partial charge in [-0.2, -0.15) is 0 Å². The molecule has 0 amide bonds. The normalized spacial score (nSPS) is 12.0. The molecule has 0 fully saturated rings. The molecule has 2 aromatic carbocycles. The van der Waals surface area contributed by atoms with Gasteiger partial charge in [-0.3, -0.25) is 0 Å². The van der Waals surface area contributed by atoms with E-state index in [4.69, 9.17) is 14.4 Å². The molecule has 0 atom stereocenters. The molecule has 134 valence electrons. The van der Waals surface area contributed by atoms with Crippen LogP contribution in [-0.4, -0.2) is 14.5 Å². The molecule has 5 aromatic rings. The third-order valence-corrected chi connectivity index (χ3v) is 5.07. The summed E-state index contributed by atoms with van der Waals surface area (Å²) in [5.41, 5.74) is 5.71. The molecule has 3 aromatic heterocycles. The molecule has 0 radical (unpaired) electrons. The lowest BCUT2D eigenvalue weighted by molar-refractivity contribution is 0.621. The van der Waals surface area contributed by atoms with Crippen molar-refractivity contribution in [2.24, 2.45) is 13.0 Å². The average molecular weight is 355 g/mol. The summed E-state index contributed by atoms with van der Waals surface area (Å²) >= 11 is 0. The predicted octanol–water partition coefficient (Wildman–Crippen LogP) is 5.73. The topological polar surface area (TPSA) is 43.9 Å². The van der Waals surface area contributed by atoms with E-state index in [1.807, 2.05) is 25.2 Å². The van der Waals surface area contributed by atoms with Crippen LogP contribution >= 0.6 is 0 Å². The van der Waals surface area contributed by atoms with Crippen LogP contribution in [0.1, 0.15) is 19.5 Å². The Balaban J connectivity index is 1.76. The fourth-order valence-corrected chi connectivity index (χ4v) is 3.81. The summed E-state index contributed by atoms with van der Waals surface area (Å²) in [5, 5.41) is 2.14. The molecule has 0 aliphatic heterocycles. The number of imidazole rings is 1. The highest BCUT2D eigenvalue weighted by atomic mass is 16.3. The summed E-state index contributed by atoms with van der Waals surface area (Å²) in [4.78, 5) is 9.60. The van der Waals surface area contributed by atoms with Crippen molar-refractivity contribution in [3.05, 3.63) is 60.3 Å². The largest absolute Gasteiger partial charge is 0.437 e. The van der Waals surface area contributed by atoms with E-state index >= 15 is 0 Å². The van der Waals surface area contributed by atoms with Crippen LogP contribution in [0.15, 0.2) is 59.0 Å². The van der Waals surface area contributed by atoms with Gasteiger partial charge in [0.05, 0.1) is 16.6 Å². The summed E-state index contributed by atoms with van der Waals surface area (Å²) in [6.45, 7) is 4.41. The van der Waals surface area contributed by atoms with Crippen molar-refractivity contribution in [1.82, 2.24) is 14.5 Å². The first-order chi connectivity index (χ1) is 13.1. The number of para-hydroxylation sites is 3. The highest BCUT2D eigenvalue weighted by Gasteiger charge is 2.17. The molecule has 0 saturated carbocycles. The summed E-state index contributed by atoms with van der Waals surface area (Å²) < 4.78 is 8.37. The minimum Gasteiger partial charge on any atom is -0.437 e. The number of hydrogen-bond acceptors (Lipinski definition) is 3. The van der Waals surface area contributed by atoms with Gasteiger partial charge in [0, 0.05) is 23.5 Å². The van der Waals surface area contributed by atoms with Crippen LogP contribution in [0.3, 0.4) is 0 Å². The SMILES string of the molecule is CC(C)Cc1ccc2c(n1)oc1c(-c3nc4ccccc4n3C)cccc12. The molecule has 0 aliphatic rings. The Bertz CT molecular complexity index is 1290. The van der Waals surface area contributed by atoms with Crippen molar-refractivity contribution in [2.75, 3.05) is 0 Å². The first-order valence-electron chi connectivity index (χ1n) is 9.35. The van der Waals surface area contributed by atoms with Crippen molar-refractivity contribution in [3.8, 4) is 11.4 Å². The minimum absolute atomic E-state index is 0.565. The molecular weight excluding hydrogens is 334 g/mol. The third-order valence-electron chi connectivity index (χ3n) is 5.07. The second-order valence-corrected chi connectivity index (χ2v) is 7.52. The maximum absolute atomic E-state index is 6.25. The van der Waals surface area contributed by atoms with Gasteiger partial charge in [0.1, 0.15) is 11.4 Å². The quantitative estimate of drug-likeness (QED) is 0.415. The second-order valence-electron chi connectivity index (χ2n) is 7.52. The lowest BCUT2D eigenvalue weighted by atomic mass is 10.1. The lowest BCUT2D eigenvalue weighted by Crippen LogP contribution is -1.96. The van der Waals surface area contributed by atoms with Crippen molar-refractivity contribution in [2.45, 2.75) is 20.3 Å². The van der Waals surface area contributed by atoms with E-state index < -0.39 is 0 Å². The Hall–Kier alpha value is -3.14. The van der Waals surface area contributed by atoms with Crippen molar-refractivity contribution in [1.29, 1.82) is 0 Å². The van der Waals surface area contributed by atoms with E-state index in [0.29, 0.717) is 11.6 Å². The van der Waals surface area contributed by atoms with Crippen molar-refractivity contribution in [3.63, 3.8) is 0 Å². The fraction of sp³-hybridized carbons (Fsp3) is 0.217. The van der Waals surface area contributed by atoms with E-state index in [1.54, 1.807) is 0 Å². The molecule has 0 saturated heterocycles. The highest BCUT2D eigenvalue weighted by molar-refractivity contribution is 6.08. The van der Waals surface area contributed by atoms with Crippen LogP contribution in [0.2, 0.25) is 0 Å². The van der Waals surface area contributed by atoms with E-state index in [9.17, 15) is 0 Å². The number of aromatic nitrogens is 3. The molecular formula is C23H21N3O. The van der Waals surface area contributed by atoms with Crippen LogP contribution < -0.4 is 0 Å². The number of aryl methyl sites for hydroxylation is 1. The number of rotatable bonds is 3.